The van der Waals surface area contributed by atoms with Gasteiger partial charge in [-0.3, -0.25) is 4.79 Å². The smallest absolute Gasteiger partial charge is 0.253 e. The molecule has 0 saturated heterocycles. The summed E-state index contributed by atoms with van der Waals surface area (Å²) in [5.41, 5.74) is 1.50. The van der Waals surface area contributed by atoms with E-state index in [1.165, 1.54) is 16.8 Å². The van der Waals surface area contributed by atoms with Crippen molar-refractivity contribution in [2.75, 3.05) is 5.75 Å². The number of fused-ring (bicyclic) bond motifs is 1. The summed E-state index contributed by atoms with van der Waals surface area (Å²) >= 11 is 1.29. The van der Waals surface area contributed by atoms with Gasteiger partial charge < -0.3 is 8.83 Å². The van der Waals surface area contributed by atoms with E-state index in [0.29, 0.717) is 28.8 Å². The molecule has 0 radical (unpaired) electrons. The van der Waals surface area contributed by atoms with Crippen LogP contribution < -0.4 is 0 Å². The molecule has 9 nitrogen and oxygen atoms in total. The molecule has 1 atom stereocenters. The van der Waals surface area contributed by atoms with Crippen LogP contribution in [0.2, 0.25) is 0 Å². The number of carbonyl (C=O) groups excluding carboxylic acids is 1. The number of tetrazole rings is 1. The Labute approximate surface area is 182 Å². The molecule has 3 aromatic heterocycles. The standard InChI is InChI=1S/C21H20N6O3S/c1-13(2)26-21(22-24-25-26)31-12-20(28)27-16(18-8-5-9-29-18)11-15(23-27)19-10-14-6-3-4-7-17(14)30-19/h3-10,13,16H,11-12H2,1-2H3. The Balaban J connectivity index is 1.40. The molecule has 1 aliphatic rings. The van der Waals surface area contributed by atoms with Crippen LogP contribution in [0.15, 0.2) is 67.8 Å². The molecule has 0 bridgehead atoms. The van der Waals surface area contributed by atoms with E-state index in [0.717, 1.165) is 11.0 Å². The number of rotatable bonds is 6. The lowest BCUT2D eigenvalue weighted by Gasteiger charge is -2.19. The summed E-state index contributed by atoms with van der Waals surface area (Å²) < 4.78 is 13.3. The van der Waals surface area contributed by atoms with E-state index < -0.39 is 0 Å². The molecule has 1 aliphatic heterocycles. The van der Waals surface area contributed by atoms with E-state index in [4.69, 9.17) is 8.83 Å². The third kappa shape index (κ3) is 3.74. The quantitative estimate of drug-likeness (QED) is 0.420. The van der Waals surface area contributed by atoms with Crippen molar-refractivity contribution in [2.45, 2.75) is 37.5 Å². The summed E-state index contributed by atoms with van der Waals surface area (Å²) in [6.07, 6.45) is 2.11. The van der Waals surface area contributed by atoms with E-state index in [2.05, 4.69) is 20.6 Å². The lowest BCUT2D eigenvalue weighted by molar-refractivity contribution is -0.130. The van der Waals surface area contributed by atoms with Crippen LogP contribution in [0.4, 0.5) is 0 Å². The molecule has 0 aliphatic carbocycles. The molecule has 1 unspecified atom stereocenters. The summed E-state index contributed by atoms with van der Waals surface area (Å²) in [7, 11) is 0. The van der Waals surface area contributed by atoms with Gasteiger partial charge in [0, 0.05) is 11.8 Å². The predicted molar refractivity (Wildman–Crippen MR) is 115 cm³/mol. The second-order valence-corrected chi connectivity index (χ2v) is 8.40. The topological polar surface area (TPSA) is 103 Å². The average molecular weight is 436 g/mol. The first-order valence-corrected chi connectivity index (χ1v) is 10.9. The fourth-order valence-electron chi connectivity index (χ4n) is 3.51. The Bertz CT molecular complexity index is 1210. The predicted octanol–water partition coefficient (Wildman–Crippen LogP) is 4.06. The molecule has 1 aromatic carbocycles. The highest BCUT2D eigenvalue weighted by atomic mass is 32.2. The monoisotopic (exact) mass is 436 g/mol. The molecule has 0 N–H and O–H groups in total. The lowest BCUT2D eigenvalue weighted by Crippen LogP contribution is -2.28. The lowest BCUT2D eigenvalue weighted by atomic mass is 10.1. The SMILES string of the molecule is CC(C)n1nnnc1SCC(=O)N1N=C(c2cc3ccccc3o2)CC1c1ccco1. The van der Waals surface area contributed by atoms with E-state index in [9.17, 15) is 4.79 Å². The first-order valence-electron chi connectivity index (χ1n) is 9.92. The normalized spacial score (nSPS) is 16.4. The van der Waals surface area contributed by atoms with Crippen molar-refractivity contribution in [1.82, 2.24) is 25.2 Å². The van der Waals surface area contributed by atoms with Gasteiger partial charge in [0.15, 0.2) is 5.76 Å². The zero-order chi connectivity index (χ0) is 21.4. The number of amides is 1. The second kappa shape index (κ2) is 8.03. The molecule has 10 heteroatoms. The third-order valence-electron chi connectivity index (χ3n) is 5.02. The summed E-state index contributed by atoms with van der Waals surface area (Å²) in [4.78, 5) is 13.1. The fourth-order valence-corrected chi connectivity index (χ4v) is 4.37. The van der Waals surface area contributed by atoms with Gasteiger partial charge in [-0.15, -0.1) is 5.10 Å². The summed E-state index contributed by atoms with van der Waals surface area (Å²) in [5.74, 6) is 1.34. The fraction of sp³-hybridized carbons (Fsp3) is 0.286. The first-order chi connectivity index (χ1) is 15.1. The Hall–Kier alpha value is -3.40. The van der Waals surface area contributed by atoms with Gasteiger partial charge in [-0.05, 0) is 48.5 Å². The summed E-state index contributed by atoms with van der Waals surface area (Å²) in [6, 6.07) is 13.2. The number of nitrogens with zero attached hydrogens (tertiary/aromatic N) is 6. The highest BCUT2D eigenvalue weighted by molar-refractivity contribution is 7.99. The summed E-state index contributed by atoms with van der Waals surface area (Å²) in [6.45, 7) is 3.97. The molecule has 0 spiro atoms. The number of para-hydroxylation sites is 1. The van der Waals surface area contributed by atoms with Crippen LogP contribution in [-0.4, -0.2) is 42.6 Å². The number of hydrogen-bond donors (Lipinski definition) is 0. The van der Waals surface area contributed by atoms with Crippen molar-refractivity contribution in [3.63, 3.8) is 0 Å². The molecule has 5 rings (SSSR count). The van der Waals surface area contributed by atoms with Gasteiger partial charge >= 0.3 is 0 Å². The zero-order valence-corrected chi connectivity index (χ0v) is 17.8. The molecule has 4 aromatic rings. The second-order valence-electron chi connectivity index (χ2n) is 7.46. The van der Waals surface area contributed by atoms with Crippen molar-refractivity contribution in [3.8, 4) is 0 Å². The number of furan rings is 2. The number of aromatic nitrogens is 4. The number of benzene rings is 1. The van der Waals surface area contributed by atoms with Gasteiger partial charge in [-0.2, -0.15) is 5.10 Å². The molecular weight excluding hydrogens is 416 g/mol. The van der Waals surface area contributed by atoms with Crippen molar-refractivity contribution < 1.29 is 13.6 Å². The largest absolute Gasteiger partial charge is 0.467 e. The Morgan fingerprint density at radius 3 is 2.90 bits per heavy atom. The van der Waals surface area contributed by atoms with Crippen molar-refractivity contribution in [1.29, 1.82) is 0 Å². The van der Waals surface area contributed by atoms with Crippen LogP contribution in [0.3, 0.4) is 0 Å². The Kier molecular flexibility index (Phi) is 5.06. The minimum absolute atomic E-state index is 0.105. The highest BCUT2D eigenvalue weighted by Crippen LogP contribution is 2.35. The maximum Gasteiger partial charge on any atom is 0.253 e. The molecule has 0 fully saturated rings. The Morgan fingerprint density at radius 2 is 2.13 bits per heavy atom. The maximum atomic E-state index is 13.1. The van der Waals surface area contributed by atoms with Crippen LogP contribution >= 0.6 is 11.8 Å². The third-order valence-corrected chi connectivity index (χ3v) is 5.94. The van der Waals surface area contributed by atoms with Crippen molar-refractivity contribution in [2.24, 2.45) is 5.10 Å². The molecule has 1 amide bonds. The van der Waals surface area contributed by atoms with E-state index in [1.807, 2.05) is 56.3 Å². The molecule has 0 saturated carbocycles. The van der Waals surface area contributed by atoms with E-state index in [-0.39, 0.29) is 23.7 Å². The van der Waals surface area contributed by atoms with Crippen molar-refractivity contribution >= 4 is 34.3 Å². The van der Waals surface area contributed by atoms with Gasteiger partial charge in [0.1, 0.15) is 23.1 Å². The van der Waals surface area contributed by atoms with Crippen LogP contribution in [0.5, 0.6) is 0 Å². The van der Waals surface area contributed by atoms with Crippen molar-refractivity contribution in [3.05, 3.63) is 60.2 Å². The zero-order valence-electron chi connectivity index (χ0n) is 17.0. The van der Waals surface area contributed by atoms with E-state index >= 15 is 0 Å². The van der Waals surface area contributed by atoms with Gasteiger partial charge in [-0.1, -0.05) is 30.0 Å². The van der Waals surface area contributed by atoms with Gasteiger partial charge in [0.2, 0.25) is 5.16 Å². The molecule has 31 heavy (non-hydrogen) atoms. The van der Waals surface area contributed by atoms with Crippen LogP contribution in [-0.2, 0) is 4.79 Å². The minimum Gasteiger partial charge on any atom is -0.467 e. The molecular formula is C21H20N6O3S. The van der Waals surface area contributed by atoms with Gasteiger partial charge in [0.05, 0.1) is 18.1 Å². The van der Waals surface area contributed by atoms with Crippen LogP contribution in [0.25, 0.3) is 11.0 Å². The van der Waals surface area contributed by atoms with Crippen LogP contribution in [0.1, 0.15) is 43.9 Å². The average Bonchev–Trinajstić information content (AvgIpc) is 3.55. The Morgan fingerprint density at radius 1 is 1.26 bits per heavy atom. The minimum atomic E-state index is -0.326. The van der Waals surface area contributed by atoms with Gasteiger partial charge in [-0.25, -0.2) is 9.69 Å². The number of hydrazone groups is 1. The maximum absolute atomic E-state index is 13.1. The number of thioether (sulfide) groups is 1. The number of carbonyl (C=O) groups is 1. The highest BCUT2D eigenvalue weighted by Gasteiger charge is 2.36. The van der Waals surface area contributed by atoms with Gasteiger partial charge in [0.25, 0.3) is 5.91 Å². The molecule has 158 valence electrons. The van der Waals surface area contributed by atoms with E-state index in [1.54, 1.807) is 10.9 Å². The number of hydrogen-bond acceptors (Lipinski definition) is 8. The first kappa shape index (κ1) is 19.6. The molecule has 4 heterocycles. The van der Waals surface area contributed by atoms with Crippen LogP contribution in [0, 0.1) is 0 Å². The summed E-state index contributed by atoms with van der Waals surface area (Å²) in [5, 5.41) is 19.4.